The first-order chi connectivity index (χ1) is 15.5. The highest BCUT2D eigenvalue weighted by atomic mass is 35.5. The lowest BCUT2D eigenvalue weighted by Crippen LogP contribution is -2.46. The van der Waals surface area contributed by atoms with E-state index in [0.717, 1.165) is 51.3 Å². The van der Waals surface area contributed by atoms with Crippen molar-refractivity contribution in [2.24, 2.45) is 5.73 Å². The molecule has 2 aromatic rings. The van der Waals surface area contributed by atoms with E-state index in [2.05, 4.69) is 54.0 Å². The molecule has 5 nitrogen and oxygen atoms in total. The quantitative estimate of drug-likeness (QED) is 0.623. The molecule has 1 aliphatic heterocycles. The number of likely N-dealkylation sites (N-methyl/N-ethyl adjacent to an activating group) is 1. The van der Waals surface area contributed by atoms with Gasteiger partial charge < -0.3 is 15.5 Å². The van der Waals surface area contributed by atoms with Crippen molar-refractivity contribution in [2.75, 3.05) is 45.8 Å². The van der Waals surface area contributed by atoms with Crippen LogP contribution in [-0.2, 0) is 11.2 Å². The molecule has 0 aromatic heterocycles. The lowest BCUT2D eigenvalue weighted by molar-refractivity contribution is -0.132. The topological polar surface area (TPSA) is 52.8 Å². The number of nitrogens with zero attached hydrogens (tertiary/aromatic N) is 3. The van der Waals surface area contributed by atoms with Gasteiger partial charge >= 0.3 is 0 Å². The molecule has 0 spiro atoms. The zero-order valence-electron chi connectivity index (χ0n) is 19.4. The van der Waals surface area contributed by atoms with Gasteiger partial charge in [-0.25, -0.2) is 0 Å². The minimum absolute atomic E-state index is 0.0433. The average molecular weight is 457 g/mol. The van der Waals surface area contributed by atoms with Crippen LogP contribution in [0.25, 0.3) is 0 Å². The first kappa shape index (κ1) is 24.7. The second-order valence-electron chi connectivity index (χ2n) is 8.56. The molecule has 0 radical (unpaired) electrons. The molecule has 3 rings (SSSR count). The van der Waals surface area contributed by atoms with Crippen molar-refractivity contribution in [1.82, 2.24) is 14.7 Å². The van der Waals surface area contributed by atoms with Gasteiger partial charge in [0.05, 0.1) is 6.04 Å². The fourth-order valence-corrected chi connectivity index (χ4v) is 4.62. The Balaban J connectivity index is 1.64. The summed E-state index contributed by atoms with van der Waals surface area (Å²) in [4.78, 5) is 20.1. The molecule has 1 aliphatic rings. The van der Waals surface area contributed by atoms with Crippen molar-refractivity contribution in [3.63, 3.8) is 0 Å². The molecule has 2 aromatic carbocycles. The van der Waals surface area contributed by atoms with Crippen LogP contribution in [-0.4, -0.2) is 72.5 Å². The van der Waals surface area contributed by atoms with Crippen molar-refractivity contribution < 1.29 is 4.79 Å². The van der Waals surface area contributed by atoms with E-state index >= 15 is 0 Å². The van der Waals surface area contributed by atoms with Crippen molar-refractivity contribution in [3.05, 3.63) is 70.7 Å². The van der Waals surface area contributed by atoms with E-state index in [-0.39, 0.29) is 5.91 Å². The predicted octanol–water partition coefficient (Wildman–Crippen LogP) is 3.83. The van der Waals surface area contributed by atoms with Crippen LogP contribution in [0.15, 0.2) is 54.6 Å². The Bertz CT molecular complexity index is 825. The van der Waals surface area contributed by atoms with Crippen LogP contribution in [0.2, 0.25) is 5.02 Å². The average Bonchev–Trinajstić information content (AvgIpc) is 3.07. The fourth-order valence-electron chi connectivity index (χ4n) is 4.50. The van der Waals surface area contributed by atoms with Gasteiger partial charge in [0.25, 0.3) is 0 Å². The SMILES string of the molecule is CCN(CC)CC(c1ccccc1)N1CCCN(C(=O)C(N)Cc2ccc(Cl)cc2)CC1. The third-order valence-electron chi connectivity index (χ3n) is 6.48. The van der Waals surface area contributed by atoms with Gasteiger partial charge in [-0.05, 0) is 49.2 Å². The van der Waals surface area contributed by atoms with Crippen LogP contribution in [0, 0.1) is 0 Å². The minimum atomic E-state index is -0.525. The van der Waals surface area contributed by atoms with E-state index in [9.17, 15) is 4.79 Å². The number of carbonyl (C=O) groups is 1. The number of nitrogens with two attached hydrogens (primary N) is 1. The molecule has 0 bridgehead atoms. The zero-order chi connectivity index (χ0) is 22.9. The summed E-state index contributed by atoms with van der Waals surface area (Å²) in [5, 5.41) is 0.693. The standard InChI is InChI=1S/C26H37ClN4O/c1-3-29(4-2)20-25(22-9-6-5-7-10-22)30-15-8-16-31(18-17-30)26(32)24(28)19-21-11-13-23(27)14-12-21/h5-7,9-14,24-25H,3-4,8,15-20,28H2,1-2H3. The van der Waals surface area contributed by atoms with Crippen LogP contribution >= 0.6 is 11.6 Å². The number of halogens is 1. The van der Waals surface area contributed by atoms with Gasteiger partial charge in [0.1, 0.15) is 0 Å². The van der Waals surface area contributed by atoms with Gasteiger partial charge in [0, 0.05) is 43.8 Å². The predicted molar refractivity (Wildman–Crippen MR) is 133 cm³/mol. The van der Waals surface area contributed by atoms with Crippen LogP contribution < -0.4 is 5.73 Å². The molecule has 0 saturated carbocycles. The Labute approximate surface area is 198 Å². The maximum atomic E-state index is 13.1. The molecule has 2 unspecified atom stereocenters. The summed E-state index contributed by atoms with van der Waals surface area (Å²) in [7, 11) is 0. The second kappa shape index (κ2) is 12.4. The summed E-state index contributed by atoms with van der Waals surface area (Å²) in [5.41, 5.74) is 8.70. The van der Waals surface area contributed by atoms with E-state index in [0.29, 0.717) is 24.0 Å². The molecule has 1 saturated heterocycles. The maximum absolute atomic E-state index is 13.1. The monoisotopic (exact) mass is 456 g/mol. The third kappa shape index (κ3) is 6.79. The molecule has 1 fully saturated rings. The molecule has 0 aliphatic carbocycles. The van der Waals surface area contributed by atoms with Gasteiger partial charge in [0.2, 0.25) is 5.91 Å². The van der Waals surface area contributed by atoms with Crippen molar-refractivity contribution >= 4 is 17.5 Å². The molecule has 32 heavy (non-hydrogen) atoms. The summed E-state index contributed by atoms with van der Waals surface area (Å²) in [6.07, 6.45) is 1.49. The Morgan fingerprint density at radius 1 is 1.00 bits per heavy atom. The van der Waals surface area contributed by atoms with Gasteiger partial charge in [-0.3, -0.25) is 9.69 Å². The lowest BCUT2D eigenvalue weighted by Gasteiger charge is -2.35. The first-order valence-corrected chi connectivity index (χ1v) is 12.2. The molecule has 174 valence electrons. The minimum Gasteiger partial charge on any atom is -0.340 e. The number of hydrogen-bond acceptors (Lipinski definition) is 4. The largest absolute Gasteiger partial charge is 0.340 e. The number of rotatable bonds is 9. The molecule has 2 atom stereocenters. The van der Waals surface area contributed by atoms with Crippen molar-refractivity contribution in [3.8, 4) is 0 Å². The highest BCUT2D eigenvalue weighted by Gasteiger charge is 2.28. The molecule has 1 amide bonds. The van der Waals surface area contributed by atoms with Gasteiger partial charge in [-0.15, -0.1) is 0 Å². The summed E-state index contributed by atoms with van der Waals surface area (Å²) in [5.74, 6) is 0.0433. The highest BCUT2D eigenvalue weighted by Crippen LogP contribution is 2.24. The highest BCUT2D eigenvalue weighted by molar-refractivity contribution is 6.30. The number of carbonyl (C=O) groups excluding carboxylic acids is 1. The van der Waals surface area contributed by atoms with E-state index < -0.39 is 6.04 Å². The lowest BCUT2D eigenvalue weighted by atomic mass is 10.0. The van der Waals surface area contributed by atoms with Gasteiger partial charge in [-0.1, -0.05) is 67.9 Å². The van der Waals surface area contributed by atoms with Crippen LogP contribution in [0.1, 0.15) is 37.4 Å². The van der Waals surface area contributed by atoms with Crippen LogP contribution in [0.4, 0.5) is 0 Å². The summed E-state index contributed by atoms with van der Waals surface area (Å²) in [6, 6.07) is 18.1. The Hall–Kier alpha value is -1.92. The normalized spacial score (nSPS) is 17.2. The van der Waals surface area contributed by atoms with E-state index in [1.807, 2.05) is 29.2 Å². The van der Waals surface area contributed by atoms with E-state index in [1.165, 1.54) is 5.56 Å². The molecular weight excluding hydrogens is 420 g/mol. The van der Waals surface area contributed by atoms with Crippen LogP contribution in [0.3, 0.4) is 0 Å². The fraction of sp³-hybridized carbons (Fsp3) is 0.500. The molecule has 2 N–H and O–H groups in total. The first-order valence-electron chi connectivity index (χ1n) is 11.8. The summed E-state index contributed by atoms with van der Waals surface area (Å²) < 4.78 is 0. The third-order valence-corrected chi connectivity index (χ3v) is 6.73. The van der Waals surface area contributed by atoms with Gasteiger partial charge in [0.15, 0.2) is 0 Å². The summed E-state index contributed by atoms with van der Waals surface area (Å²) >= 11 is 5.97. The van der Waals surface area contributed by atoms with Crippen LogP contribution in [0.5, 0.6) is 0 Å². The molecular formula is C26H37ClN4O. The molecule has 6 heteroatoms. The van der Waals surface area contributed by atoms with Gasteiger partial charge in [-0.2, -0.15) is 0 Å². The zero-order valence-corrected chi connectivity index (χ0v) is 20.2. The Morgan fingerprint density at radius 2 is 1.69 bits per heavy atom. The smallest absolute Gasteiger partial charge is 0.239 e. The van der Waals surface area contributed by atoms with Crippen molar-refractivity contribution in [1.29, 1.82) is 0 Å². The Kier molecular flexibility index (Phi) is 9.54. The summed E-state index contributed by atoms with van der Waals surface area (Å²) in [6.45, 7) is 10.8. The van der Waals surface area contributed by atoms with E-state index in [4.69, 9.17) is 17.3 Å². The Morgan fingerprint density at radius 3 is 2.34 bits per heavy atom. The maximum Gasteiger partial charge on any atom is 0.239 e. The number of amides is 1. The molecule has 1 heterocycles. The van der Waals surface area contributed by atoms with Crippen molar-refractivity contribution in [2.45, 2.75) is 38.8 Å². The number of benzene rings is 2. The second-order valence-corrected chi connectivity index (χ2v) is 9.00. The van der Waals surface area contributed by atoms with E-state index in [1.54, 1.807) is 0 Å². The number of hydrogen-bond donors (Lipinski definition) is 1.